The van der Waals surface area contributed by atoms with Crippen LogP contribution in [0.2, 0.25) is 5.02 Å². The Balaban J connectivity index is 2.27. The first kappa shape index (κ1) is 14.7. The van der Waals surface area contributed by atoms with Crippen LogP contribution in [0.3, 0.4) is 0 Å². The Morgan fingerprint density at radius 2 is 2.45 bits per heavy atom. The van der Waals surface area contributed by atoms with Crippen LogP contribution in [0.5, 0.6) is 0 Å². The van der Waals surface area contributed by atoms with E-state index in [4.69, 9.17) is 11.6 Å². The van der Waals surface area contributed by atoms with Gasteiger partial charge in [-0.1, -0.05) is 24.6 Å². The number of hydrogen-bond acceptors (Lipinski definition) is 5. The van der Waals surface area contributed by atoms with Crippen molar-refractivity contribution in [3.63, 3.8) is 0 Å². The summed E-state index contributed by atoms with van der Waals surface area (Å²) in [6.07, 6.45) is 5.75. The molecule has 20 heavy (non-hydrogen) atoms. The Morgan fingerprint density at radius 3 is 3.05 bits per heavy atom. The summed E-state index contributed by atoms with van der Waals surface area (Å²) in [5, 5.41) is 10.3. The van der Waals surface area contributed by atoms with Crippen LogP contribution in [0.15, 0.2) is 35.2 Å². The lowest BCUT2D eigenvalue weighted by atomic mass is 10.2. The zero-order chi connectivity index (χ0) is 14.5. The second-order valence-electron chi connectivity index (χ2n) is 4.12. The van der Waals surface area contributed by atoms with Gasteiger partial charge >= 0.3 is 0 Å². The minimum Gasteiger partial charge on any atom is -0.373 e. The van der Waals surface area contributed by atoms with E-state index in [0.29, 0.717) is 12.2 Å². The third-order valence-corrected chi connectivity index (χ3v) is 4.03. The molecule has 0 radical (unpaired) electrons. The summed E-state index contributed by atoms with van der Waals surface area (Å²) in [4.78, 5) is 16.3. The summed E-state index contributed by atoms with van der Waals surface area (Å²) in [5.74, 6) is 0. The van der Waals surface area contributed by atoms with Crippen LogP contribution < -0.4 is 10.9 Å². The van der Waals surface area contributed by atoms with Gasteiger partial charge in [0.1, 0.15) is 10.0 Å². The minimum absolute atomic E-state index is 0.0176. The average Bonchev–Trinajstić information content (AvgIpc) is 2.97. The second-order valence-corrected chi connectivity index (χ2v) is 5.43. The van der Waals surface area contributed by atoms with Crippen LogP contribution in [-0.2, 0) is 6.54 Å². The predicted octanol–water partition coefficient (Wildman–Crippen LogP) is 3.10. The molecule has 0 saturated carbocycles. The number of allylic oxidation sites excluding steroid dienone is 1. The molecule has 0 aliphatic rings. The summed E-state index contributed by atoms with van der Waals surface area (Å²) in [6, 6.07) is 0.0176. The van der Waals surface area contributed by atoms with Gasteiger partial charge in [0.15, 0.2) is 0 Å². The molecule has 0 spiro atoms. The third-order valence-electron chi connectivity index (χ3n) is 2.77. The highest BCUT2D eigenvalue weighted by molar-refractivity contribution is 7.09. The highest BCUT2D eigenvalue weighted by Gasteiger charge is 2.15. The number of rotatable bonds is 6. The quantitative estimate of drug-likeness (QED) is 0.833. The SMILES string of the molecule is C=CCn1ncc(NC(CC)c2nccs2)c(Cl)c1=O. The maximum absolute atomic E-state index is 12.0. The average molecular weight is 311 g/mol. The van der Waals surface area contributed by atoms with Gasteiger partial charge in [-0.3, -0.25) is 4.79 Å². The zero-order valence-corrected chi connectivity index (χ0v) is 12.6. The van der Waals surface area contributed by atoms with Crippen molar-refractivity contribution >= 4 is 28.6 Å². The van der Waals surface area contributed by atoms with E-state index in [1.807, 2.05) is 12.3 Å². The van der Waals surface area contributed by atoms with Crippen molar-refractivity contribution in [2.45, 2.75) is 25.9 Å². The number of hydrogen-bond donors (Lipinski definition) is 1. The number of aromatic nitrogens is 3. The highest BCUT2D eigenvalue weighted by Crippen LogP contribution is 2.26. The molecule has 2 aromatic heterocycles. The molecule has 1 atom stereocenters. The van der Waals surface area contributed by atoms with Crippen molar-refractivity contribution in [1.82, 2.24) is 14.8 Å². The van der Waals surface area contributed by atoms with Crippen molar-refractivity contribution in [2.24, 2.45) is 0 Å². The first-order valence-corrected chi connectivity index (χ1v) is 7.45. The molecule has 2 aromatic rings. The van der Waals surface area contributed by atoms with Gasteiger partial charge in [0, 0.05) is 11.6 Å². The van der Waals surface area contributed by atoms with Crippen LogP contribution >= 0.6 is 22.9 Å². The molecule has 0 amide bonds. The molecule has 0 fully saturated rings. The molecule has 1 N–H and O–H groups in total. The van der Waals surface area contributed by atoms with Crippen LogP contribution in [0.25, 0.3) is 0 Å². The maximum atomic E-state index is 12.0. The molecular formula is C13H15ClN4OS. The summed E-state index contributed by atoms with van der Waals surface area (Å²) in [7, 11) is 0. The zero-order valence-electron chi connectivity index (χ0n) is 11.0. The van der Waals surface area contributed by atoms with Gasteiger partial charge in [-0.2, -0.15) is 5.10 Å². The Labute approximate surface area is 125 Å². The molecule has 0 bridgehead atoms. The summed E-state index contributed by atoms with van der Waals surface area (Å²) in [5.41, 5.74) is 0.199. The van der Waals surface area contributed by atoms with E-state index in [0.717, 1.165) is 11.4 Å². The summed E-state index contributed by atoms with van der Waals surface area (Å²) < 4.78 is 1.27. The predicted molar refractivity (Wildman–Crippen MR) is 82.5 cm³/mol. The molecule has 0 aromatic carbocycles. The molecule has 1 unspecified atom stereocenters. The van der Waals surface area contributed by atoms with E-state index in [1.54, 1.807) is 29.8 Å². The highest BCUT2D eigenvalue weighted by atomic mass is 35.5. The maximum Gasteiger partial charge on any atom is 0.287 e. The monoisotopic (exact) mass is 310 g/mol. The number of nitrogens with zero attached hydrogens (tertiary/aromatic N) is 3. The Bertz CT molecular complexity index is 638. The lowest BCUT2D eigenvalue weighted by Crippen LogP contribution is -2.24. The van der Waals surface area contributed by atoms with E-state index in [2.05, 4.69) is 22.0 Å². The van der Waals surface area contributed by atoms with Gasteiger partial charge < -0.3 is 5.32 Å². The fourth-order valence-corrected chi connectivity index (χ4v) is 2.72. The van der Waals surface area contributed by atoms with Gasteiger partial charge in [0.25, 0.3) is 5.56 Å². The fourth-order valence-electron chi connectivity index (χ4n) is 1.75. The van der Waals surface area contributed by atoms with E-state index in [1.165, 1.54) is 4.68 Å². The summed E-state index contributed by atoms with van der Waals surface area (Å²) >= 11 is 7.67. The van der Waals surface area contributed by atoms with Crippen LogP contribution in [-0.4, -0.2) is 14.8 Å². The van der Waals surface area contributed by atoms with E-state index in [9.17, 15) is 4.79 Å². The van der Waals surface area contributed by atoms with Gasteiger partial charge in [-0.05, 0) is 6.42 Å². The third kappa shape index (κ3) is 3.08. The lowest BCUT2D eigenvalue weighted by Gasteiger charge is -2.16. The Hall–Kier alpha value is -1.66. The topological polar surface area (TPSA) is 59.8 Å². The molecule has 7 heteroatoms. The van der Waals surface area contributed by atoms with Crippen molar-refractivity contribution in [1.29, 1.82) is 0 Å². The molecular weight excluding hydrogens is 296 g/mol. The standard InChI is InChI=1S/C13H15ClN4OS/c1-3-6-18-13(19)11(14)10(8-16-18)17-9(4-2)12-15-5-7-20-12/h3,5,7-9,17H,1,4,6H2,2H3. The van der Waals surface area contributed by atoms with Gasteiger partial charge in [0.05, 0.1) is 24.5 Å². The number of halogens is 1. The van der Waals surface area contributed by atoms with Gasteiger partial charge in [-0.25, -0.2) is 9.67 Å². The molecule has 0 saturated heterocycles. The Kier molecular flexibility index (Phi) is 4.92. The minimum atomic E-state index is -0.328. The molecule has 2 rings (SSSR count). The number of nitrogens with one attached hydrogen (secondary N) is 1. The molecule has 0 aliphatic heterocycles. The van der Waals surface area contributed by atoms with Crippen molar-refractivity contribution in [3.05, 3.63) is 50.8 Å². The molecule has 5 nitrogen and oxygen atoms in total. The number of thiazole rings is 1. The fraction of sp³-hybridized carbons (Fsp3) is 0.308. The van der Waals surface area contributed by atoms with Crippen LogP contribution in [0, 0.1) is 0 Å². The second kappa shape index (κ2) is 6.67. The van der Waals surface area contributed by atoms with Gasteiger partial charge in [0.2, 0.25) is 0 Å². The van der Waals surface area contributed by atoms with Crippen LogP contribution in [0.4, 0.5) is 5.69 Å². The van der Waals surface area contributed by atoms with Crippen molar-refractivity contribution in [2.75, 3.05) is 5.32 Å². The molecule has 2 heterocycles. The largest absolute Gasteiger partial charge is 0.373 e. The van der Waals surface area contributed by atoms with E-state index in [-0.39, 0.29) is 16.6 Å². The summed E-state index contributed by atoms with van der Waals surface area (Å²) in [6.45, 7) is 5.96. The first-order valence-electron chi connectivity index (χ1n) is 6.19. The molecule has 106 valence electrons. The first-order chi connectivity index (χ1) is 9.67. The van der Waals surface area contributed by atoms with Crippen LogP contribution in [0.1, 0.15) is 24.4 Å². The van der Waals surface area contributed by atoms with Crippen molar-refractivity contribution in [3.8, 4) is 0 Å². The van der Waals surface area contributed by atoms with Crippen molar-refractivity contribution < 1.29 is 0 Å². The lowest BCUT2D eigenvalue weighted by molar-refractivity contribution is 0.650. The Morgan fingerprint density at radius 1 is 1.65 bits per heavy atom. The molecule has 0 aliphatic carbocycles. The normalized spacial score (nSPS) is 12.1. The van der Waals surface area contributed by atoms with Gasteiger partial charge in [-0.15, -0.1) is 17.9 Å². The van der Waals surface area contributed by atoms with E-state index < -0.39 is 0 Å². The number of anilines is 1. The smallest absolute Gasteiger partial charge is 0.287 e. The van der Waals surface area contributed by atoms with E-state index >= 15 is 0 Å².